The summed E-state index contributed by atoms with van der Waals surface area (Å²) in [6, 6.07) is 4.24. The highest BCUT2D eigenvalue weighted by molar-refractivity contribution is 7.89. The molecule has 1 aromatic carbocycles. The fraction of sp³-hybridized carbons (Fsp3) is 0.385. The van der Waals surface area contributed by atoms with Crippen molar-refractivity contribution in [3.63, 3.8) is 0 Å². The molecule has 0 spiro atoms. The van der Waals surface area contributed by atoms with Crippen molar-refractivity contribution in [3.05, 3.63) is 29.3 Å². The van der Waals surface area contributed by atoms with Crippen LogP contribution in [0.1, 0.15) is 36.7 Å². The van der Waals surface area contributed by atoms with Gasteiger partial charge in [0.1, 0.15) is 0 Å². The Bertz CT molecular complexity index is 694. The first-order valence-electron chi connectivity index (χ1n) is 6.42. The molecule has 0 aliphatic heterocycles. The highest BCUT2D eigenvalue weighted by atomic mass is 32.2. The van der Waals surface area contributed by atoms with Gasteiger partial charge in [-0.2, -0.15) is 0 Å². The molecule has 122 valence electrons. The van der Waals surface area contributed by atoms with E-state index in [1.807, 2.05) is 20.8 Å². The van der Waals surface area contributed by atoms with E-state index in [0.29, 0.717) is 5.56 Å². The highest BCUT2D eigenvalue weighted by Crippen LogP contribution is 2.15. The average Bonchev–Trinajstić information content (AvgIpc) is 2.33. The van der Waals surface area contributed by atoms with E-state index in [4.69, 9.17) is 17.4 Å². The molecule has 9 heteroatoms. The first-order valence-corrected chi connectivity index (χ1v) is 8.37. The van der Waals surface area contributed by atoms with E-state index in [0.717, 1.165) is 0 Å². The summed E-state index contributed by atoms with van der Waals surface area (Å²) in [5, 5.41) is 8.32. The van der Waals surface area contributed by atoms with Gasteiger partial charge in [0, 0.05) is 11.1 Å². The van der Waals surface area contributed by atoms with Crippen molar-refractivity contribution in [2.75, 3.05) is 0 Å². The predicted octanol–water partition coefficient (Wildman–Crippen LogP) is 0.550. The Morgan fingerprint density at radius 3 is 2.32 bits per heavy atom. The Balaban J connectivity index is 2.81. The van der Waals surface area contributed by atoms with Crippen LogP contribution in [0.2, 0.25) is 0 Å². The van der Waals surface area contributed by atoms with E-state index in [1.165, 1.54) is 18.2 Å². The van der Waals surface area contributed by atoms with Crippen LogP contribution in [0.3, 0.4) is 0 Å². The number of nitrogens with one attached hydrogen (secondary N) is 3. The molecule has 5 N–H and O–H groups in total. The van der Waals surface area contributed by atoms with E-state index in [2.05, 4.69) is 16.2 Å². The van der Waals surface area contributed by atoms with Crippen molar-refractivity contribution in [1.29, 1.82) is 0 Å². The van der Waals surface area contributed by atoms with Gasteiger partial charge in [0.2, 0.25) is 10.0 Å². The minimum absolute atomic E-state index is 0.0875. The van der Waals surface area contributed by atoms with Crippen molar-refractivity contribution in [2.24, 2.45) is 5.14 Å². The number of carbonyl (C=O) groups excluding carboxylic acids is 1. The van der Waals surface area contributed by atoms with Gasteiger partial charge in [0.25, 0.3) is 5.91 Å². The number of thiocarbonyl (C=S) groups is 1. The molecule has 0 unspecified atom stereocenters. The maximum absolute atomic E-state index is 12.0. The van der Waals surface area contributed by atoms with Gasteiger partial charge < -0.3 is 5.32 Å². The van der Waals surface area contributed by atoms with E-state index in [1.54, 1.807) is 6.92 Å². The molecule has 0 saturated carbocycles. The van der Waals surface area contributed by atoms with Crippen LogP contribution >= 0.6 is 12.2 Å². The third-order valence-electron chi connectivity index (χ3n) is 2.53. The van der Waals surface area contributed by atoms with Crippen LogP contribution in [-0.2, 0) is 10.0 Å². The lowest BCUT2D eigenvalue weighted by Gasteiger charge is -2.23. The van der Waals surface area contributed by atoms with Gasteiger partial charge in [-0.05, 0) is 57.6 Å². The summed E-state index contributed by atoms with van der Waals surface area (Å²) in [6.07, 6.45) is 0. The molecular weight excluding hydrogens is 324 g/mol. The van der Waals surface area contributed by atoms with E-state index < -0.39 is 15.9 Å². The summed E-state index contributed by atoms with van der Waals surface area (Å²) in [5.41, 5.74) is 5.31. The third-order valence-corrected chi connectivity index (χ3v) is 3.79. The van der Waals surface area contributed by atoms with Crippen LogP contribution < -0.4 is 21.3 Å². The molecule has 0 aromatic heterocycles. The third kappa shape index (κ3) is 5.58. The SMILES string of the molecule is Cc1ccc(C(=O)NNC(=S)NC(C)(C)C)cc1S(N)(=O)=O. The fourth-order valence-electron chi connectivity index (χ4n) is 1.61. The number of rotatable bonds is 2. The van der Waals surface area contributed by atoms with E-state index >= 15 is 0 Å². The lowest BCUT2D eigenvalue weighted by Crippen LogP contribution is -2.52. The summed E-state index contributed by atoms with van der Waals surface area (Å²) in [5.74, 6) is -0.525. The number of hydrogen-bond acceptors (Lipinski definition) is 4. The summed E-state index contributed by atoms with van der Waals surface area (Å²) < 4.78 is 22.9. The second kappa shape index (κ2) is 6.59. The molecule has 0 saturated heterocycles. The largest absolute Gasteiger partial charge is 0.357 e. The summed E-state index contributed by atoms with van der Waals surface area (Å²) in [4.78, 5) is 11.9. The van der Waals surface area contributed by atoms with Crippen LogP contribution in [0.15, 0.2) is 23.1 Å². The number of hydrazine groups is 1. The maximum atomic E-state index is 12.0. The van der Waals surface area contributed by atoms with Crippen LogP contribution in [0.4, 0.5) is 0 Å². The standard InChI is InChI=1S/C13H20N4O3S2/c1-8-5-6-9(7-10(8)22(14,19)20)11(18)16-17-12(21)15-13(2,3)4/h5-7H,1-4H3,(H,16,18)(H2,14,19,20)(H2,15,17,21). The van der Waals surface area contributed by atoms with Gasteiger partial charge in [0.15, 0.2) is 5.11 Å². The van der Waals surface area contributed by atoms with Crippen LogP contribution in [0.25, 0.3) is 0 Å². The van der Waals surface area contributed by atoms with Crippen LogP contribution in [0, 0.1) is 6.92 Å². The zero-order chi connectivity index (χ0) is 17.1. The van der Waals surface area contributed by atoms with Crippen LogP contribution in [0.5, 0.6) is 0 Å². The maximum Gasteiger partial charge on any atom is 0.269 e. The Labute approximate surface area is 135 Å². The van der Waals surface area contributed by atoms with Crippen molar-refractivity contribution in [2.45, 2.75) is 38.1 Å². The van der Waals surface area contributed by atoms with Gasteiger partial charge in [-0.15, -0.1) is 0 Å². The summed E-state index contributed by atoms with van der Waals surface area (Å²) in [6.45, 7) is 7.35. The van der Waals surface area contributed by atoms with Gasteiger partial charge in [-0.3, -0.25) is 15.6 Å². The first kappa shape index (κ1) is 18.3. The zero-order valence-electron chi connectivity index (χ0n) is 12.9. The summed E-state index contributed by atoms with van der Waals surface area (Å²) in [7, 11) is -3.88. The zero-order valence-corrected chi connectivity index (χ0v) is 14.5. The number of amides is 1. The van der Waals surface area contributed by atoms with E-state index in [-0.39, 0.29) is 21.1 Å². The minimum atomic E-state index is -3.88. The number of primary sulfonamides is 1. The molecule has 1 amide bonds. The van der Waals surface area contributed by atoms with Crippen molar-refractivity contribution >= 4 is 33.3 Å². The van der Waals surface area contributed by atoms with Crippen LogP contribution in [-0.4, -0.2) is 25.0 Å². The number of nitrogens with two attached hydrogens (primary N) is 1. The molecule has 0 fully saturated rings. The topological polar surface area (TPSA) is 113 Å². The average molecular weight is 344 g/mol. The molecule has 0 aliphatic carbocycles. The molecule has 22 heavy (non-hydrogen) atoms. The number of carbonyl (C=O) groups is 1. The molecule has 1 aromatic rings. The molecular formula is C13H20N4O3S2. The quantitative estimate of drug-likeness (QED) is 0.460. The predicted molar refractivity (Wildman–Crippen MR) is 88.6 cm³/mol. The molecule has 7 nitrogen and oxygen atoms in total. The second-order valence-electron chi connectivity index (χ2n) is 5.81. The fourth-order valence-corrected chi connectivity index (χ4v) is 2.77. The smallest absolute Gasteiger partial charge is 0.269 e. The van der Waals surface area contributed by atoms with E-state index in [9.17, 15) is 13.2 Å². The van der Waals surface area contributed by atoms with Gasteiger partial charge >= 0.3 is 0 Å². The normalized spacial score (nSPS) is 11.7. The number of benzene rings is 1. The molecule has 1 rings (SSSR count). The van der Waals surface area contributed by atoms with Gasteiger partial charge in [-0.1, -0.05) is 6.07 Å². The Morgan fingerprint density at radius 1 is 1.23 bits per heavy atom. The Kier molecular flexibility index (Phi) is 5.49. The Hall–Kier alpha value is -1.71. The summed E-state index contributed by atoms with van der Waals surface area (Å²) >= 11 is 5.02. The first-order chi connectivity index (χ1) is 9.90. The lowest BCUT2D eigenvalue weighted by molar-refractivity contribution is 0.0943. The molecule has 0 atom stereocenters. The molecule has 0 radical (unpaired) electrons. The molecule has 0 aliphatic rings. The Morgan fingerprint density at radius 2 is 1.82 bits per heavy atom. The van der Waals surface area contributed by atoms with Gasteiger partial charge in [-0.25, -0.2) is 13.6 Å². The van der Waals surface area contributed by atoms with Crippen molar-refractivity contribution in [1.82, 2.24) is 16.2 Å². The second-order valence-corrected chi connectivity index (χ2v) is 7.75. The monoisotopic (exact) mass is 344 g/mol. The molecule has 0 heterocycles. The number of sulfonamides is 1. The number of hydrogen-bond donors (Lipinski definition) is 4. The number of aryl methyl sites for hydroxylation is 1. The lowest BCUT2D eigenvalue weighted by atomic mass is 10.1. The van der Waals surface area contributed by atoms with Crippen molar-refractivity contribution < 1.29 is 13.2 Å². The highest BCUT2D eigenvalue weighted by Gasteiger charge is 2.16. The van der Waals surface area contributed by atoms with Gasteiger partial charge in [0.05, 0.1) is 4.90 Å². The molecule has 0 bridgehead atoms. The van der Waals surface area contributed by atoms with Crippen molar-refractivity contribution in [3.8, 4) is 0 Å². The minimum Gasteiger partial charge on any atom is -0.357 e.